The van der Waals surface area contributed by atoms with E-state index in [1.165, 1.54) is 18.2 Å². The Morgan fingerprint density at radius 3 is 2.45 bits per heavy atom. The lowest BCUT2D eigenvalue weighted by Gasteiger charge is -2.07. The van der Waals surface area contributed by atoms with E-state index in [2.05, 4.69) is 0 Å². The molecule has 0 aliphatic carbocycles. The number of rotatable bonds is 6. The molecule has 2 aromatic carbocycles. The van der Waals surface area contributed by atoms with Gasteiger partial charge in [0.1, 0.15) is 18.2 Å². The summed E-state index contributed by atoms with van der Waals surface area (Å²) in [5, 5.41) is 0. The Balaban J connectivity index is 1.88. The van der Waals surface area contributed by atoms with E-state index in [0.717, 1.165) is 0 Å². The Bertz CT molecular complexity index is 654. The molecule has 0 N–H and O–H groups in total. The number of para-hydroxylation sites is 1. The minimum Gasteiger partial charge on any atom is -0.493 e. The minimum atomic E-state index is -3.31. The average Bonchev–Trinajstić information content (AvgIpc) is 2.39. The molecule has 0 unspecified atom stereocenters. The zero-order chi connectivity index (χ0) is 14.4. The van der Waals surface area contributed by atoms with Gasteiger partial charge < -0.3 is 4.74 Å². The summed E-state index contributed by atoms with van der Waals surface area (Å²) < 4.78 is 42.1. The van der Waals surface area contributed by atoms with Crippen LogP contribution in [0.25, 0.3) is 0 Å². The molecule has 0 radical (unpaired) electrons. The first kappa shape index (κ1) is 14.5. The highest BCUT2D eigenvalue weighted by Crippen LogP contribution is 2.11. The predicted molar refractivity (Wildman–Crippen MR) is 75.8 cm³/mol. The van der Waals surface area contributed by atoms with Crippen LogP contribution in [0.1, 0.15) is 5.56 Å². The molecule has 0 aromatic heterocycles. The monoisotopic (exact) mass is 294 g/mol. The van der Waals surface area contributed by atoms with Crippen molar-refractivity contribution < 1.29 is 17.5 Å². The van der Waals surface area contributed by atoms with E-state index < -0.39 is 15.7 Å². The van der Waals surface area contributed by atoms with Gasteiger partial charge in [-0.2, -0.15) is 0 Å². The number of halogens is 1. The van der Waals surface area contributed by atoms with Gasteiger partial charge in [0.05, 0.1) is 11.5 Å². The first-order valence-electron chi connectivity index (χ1n) is 6.18. The Kier molecular flexibility index (Phi) is 4.74. The van der Waals surface area contributed by atoms with Crippen LogP contribution in [0.3, 0.4) is 0 Å². The fourth-order valence-corrected chi connectivity index (χ4v) is 2.93. The van der Waals surface area contributed by atoms with Crippen molar-refractivity contribution in [1.29, 1.82) is 0 Å². The summed E-state index contributed by atoms with van der Waals surface area (Å²) in [6.45, 7) is 0.0850. The smallest absolute Gasteiger partial charge is 0.157 e. The second kappa shape index (κ2) is 6.52. The first-order valence-corrected chi connectivity index (χ1v) is 8.00. The Morgan fingerprint density at radius 2 is 1.75 bits per heavy atom. The van der Waals surface area contributed by atoms with Crippen LogP contribution < -0.4 is 4.74 Å². The number of hydrogen-bond donors (Lipinski definition) is 0. The van der Waals surface area contributed by atoms with E-state index in [1.54, 1.807) is 18.2 Å². The normalized spacial score (nSPS) is 11.2. The van der Waals surface area contributed by atoms with E-state index in [4.69, 9.17) is 4.74 Å². The predicted octanol–water partition coefficient (Wildman–Crippen LogP) is 2.82. The summed E-state index contributed by atoms with van der Waals surface area (Å²) in [5.41, 5.74) is 0.449. The molecule has 5 heteroatoms. The van der Waals surface area contributed by atoms with Crippen molar-refractivity contribution >= 4 is 9.84 Å². The SMILES string of the molecule is O=S(=O)(CCOc1ccccc1)Cc1cccc(F)c1. The summed E-state index contributed by atoms with van der Waals surface area (Å²) in [6, 6.07) is 14.6. The minimum absolute atomic E-state index is 0.0850. The van der Waals surface area contributed by atoms with E-state index >= 15 is 0 Å². The fraction of sp³-hybridized carbons (Fsp3) is 0.200. The van der Waals surface area contributed by atoms with E-state index in [-0.39, 0.29) is 18.1 Å². The van der Waals surface area contributed by atoms with Crippen molar-refractivity contribution in [2.75, 3.05) is 12.4 Å². The van der Waals surface area contributed by atoms with Crippen molar-refractivity contribution in [3.8, 4) is 5.75 Å². The zero-order valence-electron chi connectivity index (χ0n) is 10.8. The zero-order valence-corrected chi connectivity index (χ0v) is 11.6. The van der Waals surface area contributed by atoms with E-state index in [9.17, 15) is 12.8 Å². The average molecular weight is 294 g/mol. The lowest BCUT2D eigenvalue weighted by atomic mass is 10.2. The van der Waals surface area contributed by atoms with Gasteiger partial charge >= 0.3 is 0 Å². The Hall–Kier alpha value is -1.88. The van der Waals surface area contributed by atoms with Crippen molar-refractivity contribution in [2.24, 2.45) is 0 Å². The molecule has 0 atom stereocenters. The van der Waals surface area contributed by atoms with Gasteiger partial charge in [0.2, 0.25) is 0 Å². The largest absolute Gasteiger partial charge is 0.493 e. The van der Waals surface area contributed by atoms with Gasteiger partial charge in [-0.25, -0.2) is 12.8 Å². The Morgan fingerprint density at radius 1 is 1.00 bits per heavy atom. The molecule has 0 saturated heterocycles. The van der Waals surface area contributed by atoms with Gasteiger partial charge in [-0.15, -0.1) is 0 Å². The van der Waals surface area contributed by atoms with Crippen LogP contribution >= 0.6 is 0 Å². The summed E-state index contributed by atoms with van der Waals surface area (Å²) in [4.78, 5) is 0. The third-order valence-corrected chi connectivity index (χ3v) is 4.24. The lowest BCUT2D eigenvalue weighted by Crippen LogP contribution is -2.16. The van der Waals surface area contributed by atoms with Gasteiger partial charge in [0, 0.05) is 0 Å². The second-order valence-corrected chi connectivity index (χ2v) is 6.57. The molecule has 0 aliphatic rings. The third-order valence-electron chi connectivity index (χ3n) is 2.68. The van der Waals surface area contributed by atoms with Crippen LogP contribution in [-0.4, -0.2) is 20.8 Å². The quantitative estimate of drug-likeness (QED) is 0.823. The molecule has 0 spiro atoms. The molecule has 106 valence electrons. The fourth-order valence-electron chi connectivity index (χ4n) is 1.76. The van der Waals surface area contributed by atoms with Crippen LogP contribution in [0.2, 0.25) is 0 Å². The van der Waals surface area contributed by atoms with E-state index in [1.807, 2.05) is 18.2 Å². The van der Waals surface area contributed by atoms with Crippen LogP contribution in [0.15, 0.2) is 54.6 Å². The number of sulfone groups is 1. The van der Waals surface area contributed by atoms with Crippen LogP contribution in [-0.2, 0) is 15.6 Å². The Labute approximate surface area is 117 Å². The van der Waals surface area contributed by atoms with Gasteiger partial charge in [0.25, 0.3) is 0 Å². The maximum absolute atomic E-state index is 13.0. The molecule has 0 bridgehead atoms. The number of hydrogen-bond acceptors (Lipinski definition) is 3. The molecule has 0 saturated carbocycles. The highest BCUT2D eigenvalue weighted by atomic mass is 32.2. The molecule has 2 rings (SSSR count). The highest BCUT2D eigenvalue weighted by Gasteiger charge is 2.12. The second-order valence-electron chi connectivity index (χ2n) is 4.38. The standard InChI is InChI=1S/C15H15FO3S/c16-14-6-4-5-13(11-14)12-20(17,18)10-9-19-15-7-2-1-3-8-15/h1-8,11H,9-10,12H2. The van der Waals surface area contributed by atoms with Gasteiger partial charge in [-0.3, -0.25) is 0 Å². The first-order chi connectivity index (χ1) is 9.55. The van der Waals surface area contributed by atoms with Crippen molar-refractivity contribution in [1.82, 2.24) is 0 Å². The lowest BCUT2D eigenvalue weighted by molar-refractivity contribution is 0.341. The van der Waals surface area contributed by atoms with Crippen LogP contribution in [0.5, 0.6) is 5.75 Å². The highest BCUT2D eigenvalue weighted by molar-refractivity contribution is 7.90. The van der Waals surface area contributed by atoms with Gasteiger partial charge in [-0.05, 0) is 29.8 Å². The maximum atomic E-state index is 13.0. The molecule has 2 aromatic rings. The third kappa shape index (κ3) is 4.66. The number of ether oxygens (including phenoxy) is 1. The number of benzene rings is 2. The molecular weight excluding hydrogens is 279 g/mol. The molecule has 0 heterocycles. The summed E-state index contributed by atoms with van der Waals surface area (Å²) >= 11 is 0. The van der Waals surface area contributed by atoms with Crippen LogP contribution in [0.4, 0.5) is 4.39 Å². The molecule has 3 nitrogen and oxygen atoms in total. The van der Waals surface area contributed by atoms with Crippen molar-refractivity contribution in [2.45, 2.75) is 5.75 Å². The van der Waals surface area contributed by atoms with Crippen molar-refractivity contribution in [3.63, 3.8) is 0 Å². The topological polar surface area (TPSA) is 43.4 Å². The molecular formula is C15H15FO3S. The van der Waals surface area contributed by atoms with Crippen LogP contribution in [0, 0.1) is 5.82 Å². The van der Waals surface area contributed by atoms with Crippen molar-refractivity contribution in [3.05, 3.63) is 66.0 Å². The molecule has 0 amide bonds. The van der Waals surface area contributed by atoms with Gasteiger partial charge in [0.15, 0.2) is 9.84 Å². The summed E-state index contributed by atoms with van der Waals surface area (Å²) in [6.07, 6.45) is 0. The molecule has 0 fully saturated rings. The molecule has 0 aliphatic heterocycles. The maximum Gasteiger partial charge on any atom is 0.157 e. The van der Waals surface area contributed by atoms with E-state index in [0.29, 0.717) is 11.3 Å². The van der Waals surface area contributed by atoms with Gasteiger partial charge in [-0.1, -0.05) is 30.3 Å². The summed E-state index contributed by atoms with van der Waals surface area (Å²) in [7, 11) is -3.31. The summed E-state index contributed by atoms with van der Waals surface area (Å²) in [5.74, 6) is -0.0758. The molecule has 20 heavy (non-hydrogen) atoms.